The molecule has 2 aromatic rings. The van der Waals surface area contributed by atoms with Gasteiger partial charge in [0.25, 0.3) is 11.6 Å². The highest BCUT2D eigenvalue weighted by atomic mass is 16.6. The quantitative estimate of drug-likeness (QED) is 0.666. The minimum Gasteiger partial charge on any atom is -0.481 e. The molecule has 3 rings (SSSR count). The summed E-state index contributed by atoms with van der Waals surface area (Å²) in [5.74, 6) is 0.234. The standard InChI is InChI=1S/C19H20N2O4/c1-13(25-16-11-9-15(10-12-16)21(23)24)19(22)20-18-8-4-6-14-5-2-3-7-17(14)18/h2-3,5,7,9-13,18H,4,6,8H2,1H3,(H,20,22)/t13-,18+/m1/s1. The van der Waals surface area contributed by atoms with Gasteiger partial charge in [-0.05, 0) is 49.4 Å². The second-order valence-electron chi connectivity index (χ2n) is 6.16. The van der Waals surface area contributed by atoms with E-state index in [2.05, 4.69) is 17.4 Å². The molecule has 0 unspecified atom stereocenters. The Morgan fingerprint density at radius 3 is 2.68 bits per heavy atom. The zero-order valence-corrected chi connectivity index (χ0v) is 14.0. The number of hydrogen-bond acceptors (Lipinski definition) is 4. The van der Waals surface area contributed by atoms with Crippen molar-refractivity contribution in [3.8, 4) is 5.75 Å². The molecular formula is C19H20N2O4. The van der Waals surface area contributed by atoms with E-state index in [4.69, 9.17) is 4.74 Å². The fourth-order valence-corrected chi connectivity index (χ4v) is 3.10. The second-order valence-corrected chi connectivity index (χ2v) is 6.16. The van der Waals surface area contributed by atoms with Crippen LogP contribution < -0.4 is 10.1 Å². The number of rotatable bonds is 5. The molecule has 0 saturated carbocycles. The molecule has 130 valence electrons. The van der Waals surface area contributed by atoms with Gasteiger partial charge in [-0.1, -0.05) is 24.3 Å². The third kappa shape index (κ3) is 3.96. The van der Waals surface area contributed by atoms with E-state index < -0.39 is 11.0 Å². The summed E-state index contributed by atoms with van der Waals surface area (Å²) in [7, 11) is 0. The first-order valence-electron chi connectivity index (χ1n) is 8.34. The number of nitrogens with zero attached hydrogens (tertiary/aromatic N) is 1. The van der Waals surface area contributed by atoms with Crippen molar-refractivity contribution < 1.29 is 14.5 Å². The van der Waals surface area contributed by atoms with Gasteiger partial charge in [0.15, 0.2) is 6.10 Å². The number of carbonyl (C=O) groups is 1. The van der Waals surface area contributed by atoms with Gasteiger partial charge in [0.2, 0.25) is 0 Å². The summed E-state index contributed by atoms with van der Waals surface area (Å²) in [5, 5.41) is 13.7. The van der Waals surface area contributed by atoms with Crippen LogP contribution in [0.25, 0.3) is 0 Å². The number of carbonyl (C=O) groups excluding carboxylic acids is 1. The zero-order valence-electron chi connectivity index (χ0n) is 14.0. The van der Waals surface area contributed by atoms with E-state index in [9.17, 15) is 14.9 Å². The predicted molar refractivity (Wildman–Crippen MR) is 93.5 cm³/mol. The number of hydrogen-bond donors (Lipinski definition) is 1. The Kier molecular flexibility index (Phi) is 4.97. The van der Waals surface area contributed by atoms with Crippen molar-refractivity contribution in [1.29, 1.82) is 0 Å². The Labute approximate surface area is 146 Å². The largest absolute Gasteiger partial charge is 0.481 e. The van der Waals surface area contributed by atoms with Crippen LogP contribution in [-0.2, 0) is 11.2 Å². The smallest absolute Gasteiger partial charge is 0.269 e. The average Bonchev–Trinajstić information content (AvgIpc) is 2.62. The van der Waals surface area contributed by atoms with E-state index in [0.29, 0.717) is 5.75 Å². The predicted octanol–water partition coefficient (Wildman–Crippen LogP) is 3.56. The maximum atomic E-state index is 12.5. The topological polar surface area (TPSA) is 81.5 Å². The number of ether oxygens (including phenoxy) is 1. The van der Waals surface area contributed by atoms with Crippen molar-refractivity contribution >= 4 is 11.6 Å². The summed E-state index contributed by atoms with van der Waals surface area (Å²) in [5.41, 5.74) is 2.44. The number of aryl methyl sites for hydroxylation is 1. The third-order valence-corrected chi connectivity index (χ3v) is 4.42. The van der Waals surface area contributed by atoms with E-state index in [1.807, 2.05) is 12.1 Å². The lowest BCUT2D eigenvalue weighted by atomic mass is 9.87. The van der Waals surface area contributed by atoms with Gasteiger partial charge in [0.05, 0.1) is 11.0 Å². The maximum Gasteiger partial charge on any atom is 0.269 e. The first-order chi connectivity index (χ1) is 12.0. The molecule has 25 heavy (non-hydrogen) atoms. The lowest BCUT2D eigenvalue weighted by molar-refractivity contribution is -0.384. The van der Waals surface area contributed by atoms with Gasteiger partial charge in [-0.25, -0.2) is 0 Å². The molecule has 2 aromatic carbocycles. The minimum absolute atomic E-state index is 0.000334. The molecule has 0 radical (unpaired) electrons. The summed E-state index contributed by atoms with van der Waals surface area (Å²) >= 11 is 0. The van der Waals surface area contributed by atoms with Crippen LogP contribution in [0.3, 0.4) is 0 Å². The third-order valence-electron chi connectivity index (χ3n) is 4.42. The van der Waals surface area contributed by atoms with E-state index in [1.54, 1.807) is 6.92 Å². The van der Waals surface area contributed by atoms with Gasteiger partial charge < -0.3 is 10.1 Å². The molecule has 6 nitrogen and oxygen atoms in total. The SMILES string of the molecule is C[C@@H](Oc1ccc([N+](=O)[O-])cc1)C(=O)N[C@H]1CCCc2ccccc21. The molecule has 1 aliphatic rings. The van der Waals surface area contributed by atoms with Gasteiger partial charge in [0, 0.05) is 12.1 Å². The molecule has 0 heterocycles. The van der Waals surface area contributed by atoms with Gasteiger partial charge in [-0.15, -0.1) is 0 Å². The molecule has 1 N–H and O–H groups in total. The Morgan fingerprint density at radius 1 is 1.24 bits per heavy atom. The van der Waals surface area contributed by atoms with Crippen molar-refractivity contribution in [2.45, 2.75) is 38.3 Å². The van der Waals surface area contributed by atoms with Gasteiger partial charge >= 0.3 is 0 Å². The number of benzene rings is 2. The van der Waals surface area contributed by atoms with E-state index in [0.717, 1.165) is 19.3 Å². The summed E-state index contributed by atoms with van der Waals surface area (Å²) in [6.45, 7) is 1.67. The van der Waals surface area contributed by atoms with E-state index in [-0.39, 0.29) is 17.6 Å². The lowest BCUT2D eigenvalue weighted by Crippen LogP contribution is -2.39. The number of nitrogens with one attached hydrogen (secondary N) is 1. The Bertz CT molecular complexity index is 773. The van der Waals surface area contributed by atoms with E-state index >= 15 is 0 Å². The van der Waals surface area contributed by atoms with Crippen LogP contribution in [0, 0.1) is 10.1 Å². The number of nitro groups is 1. The molecule has 0 bridgehead atoms. The van der Waals surface area contributed by atoms with Crippen molar-refractivity contribution in [2.24, 2.45) is 0 Å². The van der Waals surface area contributed by atoms with Crippen LogP contribution in [0.4, 0.5) is 5.69 Å². The molecule has 1 aliphatic carbocycles. The first kappa shape index (κ1) is 17.0. The van der Waals surface area contributed by atoms with Crippen molar-refractivity contribution in [1.82, 2.24) is 5.32 Å². The highest BCUT2D eigenvalue weighted by molar-refractivity contribution is 5.81. The van der Waals surface area contributed by atoms with Crippen LogP contribution in [0.15, 0.2) is 48.5 Å². The Morgan fingerprint density at radius 2 is 1.96 bits per heavy atom. The minimum atomic E-state index is -0.685. The molecule has 6 heteroatoms. The molecular weight excluding hydrogens is 320 g/mol. The van der Waals surface area contributed by atoms with Crippen LogP contribution in [-0.4, -0.2) is 16.9 Å². The number of non-ortho nitro benzene ring substituents is 1. The second kappa shape index (κ2) is 7.34. The Balaban J connectivity index is 1.62. The van der Waals surface area contributed by atoms with Crippen LogP contribution in [0.1, 0.15) is 36.9 Å². The molecule has 0 fully saturated rings. The number of fused-ring (bicyclic) bond motifs is 1. The van der Waals surface area contributed by atoms with Gasteiger partial charge in [-0.2, -0.15) is 0 Å². The zero-order chi connectivity index (χ0) is 17.8. The highest BCUT2D eigenvalue weighted by Gasteiger charge is 2.24. The lowest BCUT2D eigenvalue weighted by Gasteiger charge is -2.27. The van der Waals surface area contributed by atoms with Gasteiger partial charge in [-0.3, -0.25) is 14.9 Å². The molecule has 0 aromatic heterocycles. The molecule has 1 amide bonds. The number of amides is 1. The fourth-order valence-electron chi connectivity index (χ4n) is 3.10. The number of nitro benzene ring substituents is 1. The maximum absolute atomic E-state index is 12.5. The normalized spacial score (nSPS) is 17.2. The van der Waals surface area contributed by atoms with Crippen LogP contribution in [0.5, 0.6) is 5.75 Å². The highest BCUT2D eigenvalue weighted by Crippen LogP contribution is 2.29. The molecule has 0 spiro atoms. The molecule has 0 aliphatic heterocycles. The van der Waals surface area contributed by atoms with Crippen LogP contribution in [0.2, 0.25) is 0 Å². The Hall–Kier alpha value is -2.89. The monoisotopic (exact) mass is 340 g/mol. The first-order valence-corrected chi connectivity index (χ1v) is 8.34. The summed E-state index contributed by atoms with van der Waals surface area (Å²) < 4.78 is 5.61. The summed E-state index contributed by atoms with van der Waals surface area (Å²) in [6.07, 6.45) is 2.31. The van der Waals surface area contributed by atoms with Crippen LogP contribution >= 0.6 is 0 Å². The van der Waals surface area contributed by atoms with E-state index in [1.165, 1.54) is 35.4 Å². The molecule has 2 atom stereocenters. The fraction of sp³-hybridized carbons (Fsp3) is 0.316. The molecule has 0 saturated heterocycles. The summed E-state index contributed by atoms with van der Waals surface area (Å²) in [6, 6.07) is 13.9. The average molecular weight is 340 g/mol. The van der Waals surface area contributed by atoms with Crippen molar-refractivity contribution in [3.63, 3.8) is 0 Å². The summed E-state index contributed by atoms with van der Waals surface area (Å²) in [4.78, 5) is 22.6. The van der Waals surface area contributed by atoms with Gasteiger partial charge in [0.1, 0.15) is 5.75 Å². The van der Waals surface area contributed by atoms with Crippen molar-refractivity contribution in [3.05, 3.63) is 69.8 Å². The van der Waals surface area contributed by atoms with Crippen molar-refractivity contribution in [2.75, 3.05) is 0 Å².